The minimum Gasteiger partial charge on any atom is -0.491 e. The molecule has 1 fully saturated rings. The lowest BCUT2D eigenvalue weighted by atomic mass is 9.97. The van der Waals surface area contributed by atoms with Gasteiger partial charge in [0, 0.05) is 24.8 Å². The predicted octanol–water partition coefficient (Wildman–Crippen LogP) is 1.65. The SMILES string of the molecule is COCCOc1cccc(NC(=O)C2CCNCC2)c1. The Morgan fingerprint density at radius 2 is 2.15 bits per heavy atom. The molecule has 0 unspecified atom stereocenters. The van der Waals surface area contributed by atoms with Crippen LogP contribution in [0.3, 0.4) is 0 Å². The van der Waals surface area contributed by atoms with Gasteiger partial charge in [-0.3, -0.25) is 4.79 Å². The van der Waals surface area contributed by atoms with Gasteiger partial charge in [0.2, 0.25) is 5.91 Å². The quantitative estimate of drug-likeness (QED) is 0.777. The second-order valence-corrected chi connectivity index (χ2v) is 4.88. The molecule has 1 saturated heterocycles. The van der Waals surface area contributed by atoms with E-state index in [1.54, 1.807) is 7.11 Å². The molecular formula is C15H22N2O3. The number of benzene rings is 1. The molecule has 5 heteroatoms. The predicted molar refractivity (Wildman–Crippen MR) is 78.0 cm³/mol. The minimum absolute atomic E-state index is 0.0977. The zero-order chi connectivity index (χ0) is 14.2. The number of carbonyl (C=O) groups excluding carboxylic acids is 1. The Morgan fingerprint density at radius 1 is 1.35 bits per heavy atom. The molecule has 20 heavy (non-hydrogen) atoms. The van der Waals surface area contributed by atoms with Crippen molar-refractivity contribution in [3.05, 3.63) is 24.3 Å². The first kappa shape index (κ1) is 14.8. The van der Waals surface area contributed by atoms with Gasteiger partial charge in [-0.05, 0) is 38.1 Å². The monoisotopic (exact) mass is 278 g/mol. The Bertz CT molecular complexity index is 431. The van der Waals surface area contributed by atoms with Gasteiger partial charge in [-0.1, -0.05) is 6.07 Å². The molecule has 1 heterocycles. The fraction of sp³-hybridized carbons (Fsp3) is 0.533. The van der Waals surface area contributed by atoms with Gasteiger partial charge in [-0.25, -0.2) is 0 Å². The smallest absolute Gasteiger partial charge is 0.227 e. The van der Waals surface area contributed by atoms with Crippen molar-refractivity contribution in [1.29, 1.82) is 0 Å². The fourth-order valence-electron chi connectivity index (χ4n) is 2.23. The van der Waals surface area contributed by atoms with Crippen molar-refractivity contribution < 1.29 is 14.3 Å². The average Bonchev–Trinajstić information content (AvgIpc) is 2.49. The lowest BCUT2D eigenvalue weighted by Crippen LogP contribution is -2.34. The first-order chi connectivity index (χ1) is 9.79. The molecule has 0 bridgehead atoms. The van der Waals surface area contributed by atoms with Gasteiger partial charge in [0.15, 0.2) is 0 Å². The van der Waals surface area contributed by atoms with E-state index in [-0.39, 0.29) is 11.8 Å². The number of ether oxygens (including phenoxy) is 2. The number of piperidine rings is 1. The fourth-order valence-corrected chi connectivity index (χ4v) is 2.23. The second-order valence-electron chi connectivity index (χ2n) is 4.88. The molecule has 1 aliphatic rings. The number of carbonyl (C=O) groups is 1. The van der Waals surface area contributed by atoms with E-state index in [1.807, 2.05) is 24.3 Å². The third kappa shape index (κ3) is 4.51. The molecule has 1 aromatic carbocycles. The molecule has 1 aromatic rings. The van der Waals surface area contributed by atoms with Gasteiger partial charge in [-0.15, -0.1) is 0 Å². The molecule has 0 aromatic heterocycles. The molecule has 1 aliphatic heterocycles. The van der Waals surface area contributed by atoms with Crippen molar-refractivity contribution in [1.82, 2.24) is 5.32 Å². The standard InChI is InChI=1S/C15H22N2O3/c1-19-9-10-20-14-4-2-3-13(11-14)17-15(18)12-5-7-16-8-6-12/h2-4,11-12,16H,5-10H2,1H3,(H,17,18). The number of anilines is 1. The third-order valence-electron chi connectivity index (χ3n) is 3.37. The highest BCUT2D eigenvalue weighted by molar-refractivity contribution is 5.92. The van der Waals surface area contributed by atoms with Gasteiger partial charge in [0.05, 0.1) is 6.61 Å². The lowest BCUT2D eigenvalue weighted by molar-refractivity contribution is -0.120. The van der Waals surface area contributed by atoms with E-state index in [0.29, 0.717) is 13.2 Å². The topological polar surface area (TPSA) is 59.6 Å². The number of nitrogens with one attached hydrogen (secondary N) is 2. The largest absolute Gasteiger partial charge is 0.491 e. The van der Waals surface area contributed by atoms with E-state index in [4.69, 9.17) is 9.47 Å². The van der Waals surface area contributed by atoms with Crippen LogP contribution in [0.2, 0.25) is 0 Å². The molecule has 2 rings (SSSR count). The molecule has 0 atom stereocenters. The zero-order valence-electron chi connectivity index (χ0n) is 11.9. The summed E-state index contributed by atoms with van der Waals surface area (Å²) in [7, 11) is 1.64. The highest BCUT2D eigenvalue weighted by atomic mass is 16.5. The lowest BCUT2D eigenvalue weighted by Gasteiger charge is -2.21. The first-order valence-electron chi connectivity index (χ1n) is 7.03. The minimum atomic E-state index is 0.0977. The number of amides is 1. The molecule has 5 nitrogen and oxygen atoms in total. The van der Waals surface area contributed by atoms with Crippen LogP contribution in [0.4, 0.5) is 5.69 Å². The Kier molecular flexibility index (Phi) is 5.83. The van der Waals surface area contributed by atoms with Crippen LogP contribution in [-0.2, 0) is 9.53 Å². The van der Waals surface area contributed by atoms with E-state index in [1.165, 1.54) is 0 Å². The number of hydrogen-bond acceptors (Lipinski definition) is 4. The maximum absolute atomic E-state index is 12.1. The molecule has 0 saturated carbocycles. The van der Waals surface area contributed by atoms with Crippen LogP contribution in [0.25, 0.3) is 0 Å². The average molecular weight is 278 g/mol. The highest BCUT2D eigenvalue weighted by Crippen LogP contribution is 2.20. The molecule has 0 spiro atoms. The summed E-state index contributed by atoms with van der Waals surface area (Å²) in [5.74, 6) is 0.944. The normalized spacial score (nSPS) is 15.8. The van der Waals surface area contributed by atoms with Gasteiger partial charge in [-0.2, -0.15) is 0 Å². The summed E-state index contributed by atoms with van der Waals surface area (Å²) in [4.78, 5) is 12.1. The van der Waals surface area contributed by atoms with Gasteiger partial charge >= 0.3 is 0 Å². The summed E-state index contributed by atoms with van der Waals surface area (Å²) in [6.07, 6.45) is 1.80. The molecule has 1 amide bonds. The zero-order valence-corrected chi connectivity index (χ0v) is 11.9. The summed E-state index contributed by atoms with van der Waals surface area (Å²) in [5.41, 5.74) is 0.781. The van der Waals surface area contributed by atoms with Crippen molar-refractivity contribution in [2.24, 2.45) is 5.92 Å². The Morgan fingerprint density at radius 3 is 2.90 bits per heavy atom. The summed E-state index contributed by atoms with van der Waals surface area (Å²) in [6.45, 7) is 2.88. The maximum atomic E-state index is 12.1. The first-order valence-corrected chi connectivity index (χ1v) is 7.03. The Balaban J connectivity index is 1.88. The number of hydrogen-bond donors (Lipinski definition) is 2. The van der Waals surface area contributed by atoms with Crippen LogP contribution < -0.4 is 15.4 Å². The van der Waals surface area contributed by atoms with E-state index in [0.717, 1.165) is 37.4 Å². The van der Waals surface area contributed by atoms with Crippen LogP contribution >= 0.6 is 0 Å². The van der Waals surface area contributed by atoms with Crippen molar-refractivity contribution >= 4 is 11.6 Å². The molecule has 2 N–H and O–H groups in total. The van der Waals surface area contributed by atoms with Crippen molar-refractivity contribution in [2.75, 3.05) is 38.7 Å². The van der Waals surface area contributed by atoms with Crippen molar-refractivity contribution in [2.45, 2.75) is 12.8 Å². The van der Waals surface area contributed by atoms with Gasteiger partial charge < -0.3 is 20.1 Å². The van der Waals surface area contributed by atoms with Crippen molar-refractivity contribution in [3.63, 3.8) is 0 Å². The summed E-state index contributed by atoms with van der Waals surface area (Å²) >= 11 is 0. The summed E-state index contributed by atoms with van der Waals surface area (Å²) in [6, 6.07) is 7.47. The Labute approximate surface area is 119 Å². The second kappa shape index (κ2) is 7.87. The highest BCUT2D eigenvalue weighted by Gasteiger charge is 2.20. The summed E-state index contributed by atoms with van der Waals surface area (Å²) in [5, 5.41) is 6.22. The van der Waals surface area contributed by atoms with Crippen LogP contribution in [0.1, 0.15) is 12.8 Å². The molecule has 0 aliphatic carbocycles. The van der Waals surface area contributed by atoms with Crippen LogP contribution in [0.15, 0.2) is 24.3 Å². The van der Waals surface area contributed by atoms with Crippen LogP contribution in [0, 0.1) is 5.92 Å². The molecule has 110 valence electrons. The van der Waals surface area contributed by atoms with Crippen molar-refractivity contribution in [3.8, 4) is 5.75 Å². The van der Waals surface area contributed by atoms with E-state index >= 15 is 0 Å². The van der Waals surface area contributed by atoms with Gasteiger partial charge in [0.1, 0.15) is 12.4 Å². The Hall–Kier alpha value is -1.59. The third-order valence-corrected chi connectivity index (χ3v) is 3.37. The maximum Gasteiger partial charge on any atom is 0.227 e. The van der Waals surface area contributed by atoms with Crippen LogP contribution in [0.5, 0.6) is 5.75 Å². The van der Waals surface area contributed by atoms with E-state index in [2.05, 4.69) is 10.6 Å². The molecular weight excluding hydrogens is 256 g/mol. The van der Waals surface area contributed by atoms with Gasteiger partial charge in [0.25, 0.3) is 0 Å². The van der Waals surface area contributed by atoms with E-state index < -0.39 is 0 Å². The summed E-state index contributed by atoms with van der Waals surface area (Å²) < 4.78 is 10.5. The van der Waals surface area contributed by atoms with Crippen LogP contribution in [-0.4, -0.2) is 39.3 Å². The number of rotatable bonds is 6. The van der Waals surface area contributed by atoms with E-state index in [9.17, 15) is 4.79 Å². The number of methoxy groups -OCH3 is 1. The molecule has 0 radical (unpaired) electrons.